The molecule has 0 bridgehead atoms. The van der Waals surface area contributed by atoms with Crippen LogP contribution >= 0.6 is 0 Å². The Morgan fingerprint density at radius 3 is 1.70 bits per heavy atom. The first kappa shape index (κ1) is 49.8. The van der Waals surface area contributed by atoms with Crippen molar-refractivity contribution in [2.24, 2.45) is 63.5 Å². The number of nitrogens with two attached hydrogens (primary N) is 3. The van der Waals surface area contributed by atoms with Gasteiger partial charge in [0.1, 0.15) is 0 Å². The smallest absolute Gasteiger partial charge is 0.305 e. The summed E-state index contributed by atoms with van der Waals surface area (Å²) >= 11 is 0. The van der Waals surface area contributed by atoms with Gasteiger partial charge in [-0.15, -0.1) is 0 Å². The van der Waals surface area contributed by atoms with Crippen molar-refractivity contribution >= 4 is 23.9 Å². The van der Waals surface area contributed by atoms with Gasteiger partial charge in [0.25, 0.3) is 0 Å². The van der Waals surface area contributed by atoms with Crippen molar-refractivity contribution in [2.45, 2.75) is 175 Å². The number of aliphatic carboxylic acids is 3. The van der Waals surface area contributed by atoms with Gasteiger partial charge in [-0.1, -0.05) is 85.5 Å². The zero-order valence-electron chi connectivity index (χ0n) is 34.7. The van der Waals surface area contributed by atoms with Crippen LogP contribution in [0.2, 0.25) is 0 Å². The molecule has 4 aliphatic carbocycles. The molecule has 4 saturated carbocycles. The summed E-state index contributed by atoms with van der Waals surface area (Å²) in [5, 5.41) is 23.5. The fourth-order valence-corrected chi connectivity index (χ4v) is 10.7. The second-order valence-corrected chi connectivity index (χ2v) is 17.1. The van der Waals surface area contributed by atoms with Gasteiger partial charge in [0.2, 0.25) is 0 Å². The Morgan fingerprint density at radius 2 is 1.19 bits per heavy atom. The number of carbonyl (C=O) groups is 4. The molecule has 11 heteroatoms. The number of unbranched alkanes of at least 4 members (excludes halogenated alkanes) is 7. The lowest BCUT2D eigenvalue weighted by Crippen LogP contribution is -2.53. The normalized spacial score (nSPS) is 28.5. The van der Waals surface area contributed by atoms with Gasteiger partial charge in [-0.05, 0) is 111 Å². The van der Waals surface area contributed by atoms with E-state index in [4.69, 9.17) is 37.3 Å². The minimum absolute atomic E-state index is 0.0525. The SMILES string of the molecule is CCCCCCCCCCOC(=O)CC[C@@H](C)C1CCC2C3CCC4CCCCC4(C)C3CCC21C.NCCC(=O)O.NCCC(=O)O.NCCC(=O)O. The second-order valence-electron chi connectivity index (χ2n) is 17.1. The molecule has 9 N–H and O–H groups in total. The van der Waals surface area contributed by atoms with E-state index < -0.39 is 17.9 Å². The van der Waals surface area contributed by atoms with Gasteiger partial charge in [-0.25, -0.2) is 0 Å². The lowest BCUT2D eigenvalue weighted by molar-refractivity contribution is -0.144. The Kier molecular flexibility index (Phi) is 25.2. The number of rotatable bonds is 19. The van der Waals surface area contributed by atoms with Crippen LogP contribution in [0.15, 0.2) is 0 Å². The predicted molar refractivity (Wildman–Crippen MR) is 216 cm³/mol. The highest BCUT2D eigenvalue weighted by Gasteiger charge is 2.60. The average molecular weight is 768 g/mol. The zero-order valence-corrected chi connectivity index (χ0v) is 34.7. The van der Waals surface area contributed by atoms with Crippen LogP contribution in [-0.4, -0.2) is 65.4 Å². The predicted octanol–water partition coefficient (Wildman–Crippen LogP) is 8.40. The number of ether oxygens (including phenoxy) is 1. The lowest BCUT2D eigenvalue weighted by atomic mass is 9.44. The van der Waals surface area contributed by atoms with Gasteiger partial charge in [0.05, 0.1) is 25.9 Å². The summed E-state index contributed by atoms with van der Waals surface area (Å²) in [4.78, 5) is 41.0. The van der Waals surface area contributed by atoms with Crippen LogP contribution in [0.3, 0.4) is 0 Å². The first-order chi connectivity index (χ1) is 25.7. The molecule has 316 valence electrons. The van der Waals surface area contributed by atoms with Gasteiger partial charge in [0.15, 0.2) is 0 Å². The Balaban J connectivity index is 0.000000669. The number of esters is 1. The molecule has 0 heterocycles. The van der Waals surface area contributed by atoms with E-state index in [1.54, 1.807) is 0 Å². The highest BCUT2D eigenvalue weighted by atomic mass is 16.5. The molecular formula is C43H81N3O8. The molecule has 0 spiro atoms. The standard InChI is InChI=1S/C34H60O2.3C3H7NO2/c1-5-6-7-8-9-10-11-14-25-36-32(35)21-16-26(2)29-19-20-30-28-18-17-27-15-12-13-23-33(27,3)31(28)22-24-34(29,30)4;3*4-2-1-3(5)6/h26-31H,5-25H2,1-4H3;3*1-2,4H2,(H,5,6)/t26-,27?,28?,29?,30?,31?,33?,34?;;;/m1.../s1. The zero-order chi connectivity index (χ0) is 40.6. The summed E-state index contributed by atoms with van der Waals surface area (Å²) in [7, 11) is 0. The quantitative estimate of drug-likeness (QED) is 0.0542. The van der Waals surface area contributed by atoms with Gasteiger partial charge < -0.3 is 37.3 Å². The molecule has 11 nitrogen and oxygen atoms in total. The molecule has 0 aliphatic heterocycles. The third kappa shape index (κ3) is 17.3. The van der Waals surface area contributed by atoms with E-state index in [1.807, 2.05) is 0 Å². The molecule has 0 amide bonds. The molecule has 8 atom stereocenters. The van der Waals surface area contributed by atoms with Crippen LogP contribution in [0.25, 0.3) is 0 Å². The fourth-order valence-electron chi connectivity index (χ4n) is 10.7. The average Bonchev–Trinajstić information content (AvgIpc) is 3.47. The van der Waals surface area contributed by atoms with Crippen molar-refractivity contribution in [1.29, 1.82) is 0 Å². The second kappa shape index (κ2) is 27.4. The van der Waals surface area contributed by atoms with Gasteiger partial charge in [-0.2, -0.15) is 0 Å². The summed E-state index contributed by atoms with van der Waals surface area (Å²) in [5.74, 6) is 2.94. The molecule has 4 aliphatic rings. The van der Waals surface area contributed by atoms with Crippen LogP contribution in [0, 0.1) is 46.3 Å². The summed E-state index contributed by atoms with van der Waals surface area (Å²) in [6.07, 6.45) is 27.0. The highest BCUT2D eigenvalue weighted by molar-refractivity contribution is 5.69. The Morgan fingerprint density at radius 1 is 0.648 bits per heavy atom. The number of hydrogen-bond acceptors (Lipinski definition) is 8. The highest BCUT2D eigenvalue weighted by Crippen LogP contribution is 2.68. The number of hydrogen-bond donors (Lipinski definition) is 6. The Labute approximate surface area is 327 Å². The van der Waals surface area contributed by atoms with Crippen molar-refractivity contribution in [3.63, 3.8) is 0 Å². The molecule has 0 aromatic heterocycles. The van der Waals surface area contributed by atoms with Crippen LogP contribution < -0.4 is 17.2 Å². The molecule has 4 rings (SSSR count). The molecule has 0 aromatic rings. The minimum Gasteiger partial charge on any atom is -0.481 e. The van der Waals surface area contributed by atoms with Crippen LogP contribution in [0.1, 0.15) is 175 Å². The van der Waals surface area contributed by atoms with Gasteiger partial charge in [-0.3, -0.25) is 19.2 Å². The van der Waals surface area contributed by atoms with Gasteiger partial charge >= 0.3 is 23.9 Å². The van der Waals surface area contributed by atoms with Crippen molar-refractivity contribution in [3.8, 4) is 0 Å². The summed E-state index contributed by atoms with van der Waals surface area (Å²) in [6.45, 7) is 11.4. The van der Waals surface area contributed by atoms with E-state index in [0.29, 0.717) is 29.8 Å². The molecule has 7 unspecified atom stereocenters. The topological polar surface area (TPSA) is 216 Å². The molecule has 0 radical (unpaired) electrons. The molecule has 0 saturated heterocycles. The van der Waals surface area contributed by atoms with Crippen LogP contribution in [0.4, 0.5) is 0 Å². The number of carboxylic acids is 3. The fraction of sp³-hybridized carbons (Fsp3) is 0.907. The van der Waals surface area contributed by atoms with E-state index in [0.717, 1.165) is 42.4 Å². The number of carboxylic acid groups (broad SMARTS) is 3. The molecule has 4 fully saturated rings. The minimum atomic E-state index is -0.836. The lowest BCUT2D eigenvalue weighted by Gasteiger charge is -2.61. The number of fused-ring (bicyclic) bond motifs is 5. The summed E-state index contributed by atoms with van der Waals surface area (Å²) in [6, 6.07) is 0. The number of carbonyl (C=O) groups excluding carboxylic acids is 1. The molecule has 54 heavy (non-hydrogen) atoms. The van der Waals surface area contributed by atoms with E-state index in [2.05, 4.69) is 27.7 Å². The van der Waals surface area contributed by atoms with E-state index in [9.17, 15) is 19.2 Å². The maximum Gasteiger partial charge on any atom is 0.305 e. The van der Waals surface area contributed by atoms with Crippen LogP contribution in [0.5, 0.6) is 0 Å². The monoisotopic (exact) mass is 768 g/mol. The van der Waals surface area contributed by atoms with Gasteiger partial charge in [0, 0.05) is 26.1 Å². The maximum atomic E-state index is 12.5. The summed E-state index contributed by atoms with van der Waals surface area (Å²) < 4.78 is 5.63. The molecule has 0 aromatic carbocycles. The first-order valence-electron chi connectivity index (χ1n) is 21.6. The Hall–Kier alpha value is -2.24. The molecular weight excluding hydrogens is 686 g/mol. The first-order valence-corrected chi connectivity index (χ1v) is 21.6. The van der Waals surface area contributed by atoms with Crippen molar-refractivity contribution in [2.75, 3.05) is 26.2 Å². The maximum absolute atomic E-state index is 12.5. The Bertz CT molecular complexity index is 1040. The van der Waals surface area contributed by atoms with E-state index >= 15 is 0 Å². The summed E-state index contributed by atoms with van der Waals surface area (Å²) in [5.41, 5.74) is 15.7. The third-order valence-electron chi connectivity index (χ3n) is 13.5. The van der Waals surface area contributed by atoms with Crippen molar-refractivity contribution in [3.05, 3.63) is 0 Å². The van der Waals surface area contributed by atoms with Crippen LogP contribution in [-0.2, 0) is 23.9 Å². The third-order valence-corrected chi connectivity index (χ3v) is 13.5. The van der Waals surface area contributed by atoms with Crippen molar-refractivity contribution in [1.82, 2.24) is 0 Å². The largest absolute Gasteiger partial charge is 0.481 e. The van der Waals surface area contributed by atoms with E-state index in [1.165, 1.54) is 109 Å². The van der Waals surface area contributed by atoms with E-state index in [-0.39, 0.29) is 44.9 Å². The van der Waals surface area contributed by atoms with Crippen molar-refractivity contribution < 1.29 is 39.2 Å².